The molecule has 0 aromatic carbocycles. The third kappa shape index (κ3) is 2.97. The monoisotopic (exact) mass is 310 g/mol. The zero-order valence-corrected chi connectivity index (χ0v) is 13.7. The summed E-state index contributed by atoms with van der Waals surface area (Å²) < 4.78 is 3.85. The summed E-state index contributed by atoms with van der Waals surface area (Å²) in [5, 5.41) is 9.54. The van der Waals surface area contributed by atoms with Crippen LogP contribution in [0.4, 0.5) is 0 Å². The Bertz CT molecular complexity index is 601. The van der Waals surface area contributed by atoms with E-state index in [1.54, 1.807) is 6.20 Å². The number of nitrogens with one attached hydrogen (secondary N) is 1. The second-order valence-corrected chi connectivity index (χ2v) is 5.65. The second kappa shape index (κ2) is 6.60. The predicted octanol–water partition coefficient (Wildman–Crippen LogP) is 2.45. The molecule has 21 heavy (non-hydrogen) atoms. The van der Waals surface area contributed by atoms with Crippen molar-refractivity contribution in [2.45, 2.75) is 52.7 Å². The standard InChI is InChI=1S/C14H23ClN6/c1-5-10-7-12(20(6-2)19-10)13(18-16)14-11(15)8-17-21(14)9(3)4/h7-9,13,18H,5-6,16H2,1-4H3. The summed E-state index contributed by atoms with van der Waals surface area (Å²) in [5.74, 6) is 5.82. The number of nitrogens with two attached hydrogens (primary N) is 1. The summed E-state index contributed by atoms with van der Waals surface area (Å²) in [5.41, 5.74) is 5.77. The molecule has 116 valence electrons. The lowest BCUT2D eigenvalue weighted by Gasteiger charge is -2.21. The molecule has 0 aliphatic carbocycles. The second-order valence-electron chi connectivity index (χ2n) is 5.25. The van der Waals surface area contributed by atoms with Gasteiger partial charge >= 0.3 is 0 Å². The van der Waals surface area contributed by atoms with Crippen LogP contribution in [0.1, 0.15) is 56.9 Å². The lowest BCUT2D eigenvalue weighted by molar-refractivity contribution is 0.459. The van der Waals surface area contributed by atoms with Crippen molar-refractivity contribution < 1.29 is 0 Å². The molecule has 0 saturated heterocycles. The van der Waals surface area contributed by atoms with Gasteiger partial charge in [0.05, 0.1) is 28.3 Å². The third-order valence-electron chi connectivity index (χ3n) is 3.54. The molecule has 0 amide bonds. The van der Waals surface area contributed by atoms with E-state index < -0.39 is 0 Å². The molecule has 6 nitrogen and oxygen atoms in total. The Balaban J connectivity index is 2.54. The molecule has 2 aromatic heterocycles. The number of rotatable bonds is 6. The quantitative estimate of drug-likeness (QED) is 0.635. The Morgan fingerprint density at radius 2 is 2.10 bits per heavy atom. The number of halogens is 1. The maximum atomic E-state index is 6.34. The topological polar surface area (TPSA) is 73.7 Å². The molecular formula is C14H23ClN6. The number of nitrogens with zero attached hydrogens (tertiary/aromatic N) is 4. The Labute approximate surface area is 130 Å². The third-order valence-corrected chi connectivity index (χ3v) is 3.83. The Morgan fingerprint density at radius 1 is 1.38 bits per heavy atom. The normalized spacial score (nSPS) is 13.1. The fourth-order valence-electron chi connectivity index (χ4n) is 2.48. The van der Waals surface area contributed by atoms with Crippen molar-refractivity contribution in [3.63, 3.8) is 0 Å². The smallest absolute Gasteiger partial charge is 0.106 e. The highest BCUT2D eigenvalue weighted by Gasteiger charge is 2.25. The van der Waals surface area contributed by atoms with Crippen LogP contribution in [0, 0.1) is 0 Å². The minimum Gasteiger partial charge on any atom is -0.270 e. The first-order valence-electron chi connectivity index (χ1n) is 7.29. The largest absolute Gasteiger partial charge is 0.270 e. The molecule has 1 unspecified atom stereocenters. The lowest BCUT2D eigenvalue weighted by Crippen LogP contribution is -2.33. The zero-order chi connectivity index (χ0) is 15.6. The van der Waals surface area contributed by atoms with Gasteiger partial charge in [0.15, 0.2) is 0 Å². The summed E-state index contributed by atoms with van der Waals surface area (Å²) in [6.07, 6.45) is 2.54. The van der Waals surface area contributed by atoms with Gasteiger partial charge in [0.25, 0.3) is 0 Å². The van der Waals surface area contributed by atoms with E-state index >= 15 is 0 Å². The van der Waals surface area contributed by atoms with E-state index in [2.05, 4.69) is 49.4 Å². The summed E-state index contributed by atoms with van der Waals surface area (Å²) in [6, 6.07) is 2.03. The molecular weight excluding hydrogens is 288 g/mol. The van der Waals surface area contributed by atoms with Gasteiger partial charge < -0.3 is 0 Å². The number of aromatic nitrogens is 4. The van der Waals surface area contributed by atoms with E-state index in [0.717, 1.165) is 30.0 Å². The number of hydrogen-bond donors (Lipinski definition) is 2. The fraction of sp³-hybridized carbons (Fsp3) is 0.571. The van der Waals surface area contributed by atoms with Gasteiger partial charge in [0, 0.05) is 12.6 Å². The Kier molecular flexibility index (Phi) is 5.03. The average Bonchev–Trinajstić information content (AvgIpc) is 3.05. The Hall–Kier alpha value is -1.37. The van der Waals surface area contributed by atoms with Crippen LogP contribution in [-0.4, -0.2) is 19.6 Å². The van der Waals surface area contributed by atoms with Crippen molar-refractivity contribution in [1.82, 2.24) is 25.0 Å². The first-order valence-corrected chi connectivity index (χ1v) is 7.66. The van der Waals surface area contributed by atoms with Crippen LogP contribution in [0.2, 0.25) is 5.02 Å². The van der Waals surface area contributed by atoms with Gasteiger partial charge in [0.2, 0.25) is 0 Å². The van der Waals surface area contributed by atoms with E-state index in [-0.39, 0.29) is 12.1 Å². The van der Waals surface area contributed by atoms with E-state index in [1.165, 1.54) is 0 Å². The molecule has 0 saturated carbocycles. The van der Waals surface area contributed by atoms with Gasteiger partial charge in [-0.15, -0.1) is 0 Å². The first-order chi connectivity index (χ1) is 10.0. The molecule has 2 aromatic rings. The van der Waals surface area contributed by atoms with Crippen molar-refractivity contribution in [1.29, 1.82) is 0 Å². The minimum atomic E-state index is -0.241. The lowest BCUT2D eigenvalue weighted by atomic mass is 10.1. The fourth-order valence-corrected chi connectivity index (χ4v) is 2.72. The van der Waals surface area contributed by atoms with E-state index in [9.17, 15) is 0 Å². The molecule has 0 fully saturated rings. The van der Waals surface area contributed by atoms with E-state index in [0.29, 0.717) is 5.02 Å². The molecule has 2 rings (SSSR count). The number of hydrazine groups is 1. The maximum absolute atomic E-state index is 6.34. The van der Waals surface area contributed by atoms with Crippen LogP contribution >= 0.6 is 11.6 Å². The van der Waals surface area contributed by atoms with Crippen LogP contribution in [-0.2, 0) is 13.0 Å². The van der Waals surface area contributed by atoms with Gasteiger partial charge in [-0.3, -0.25) is 15.2 Å². The molecule has 3 N–H and O–H groups in total. The molecule has 2 heterocycles. The van der Waals surface area contributed by atoms with Gasteiger partial charge in [-0.2, -0.15) is 10.2 Å². The molecule has 0 aliphatic rings. The molecule has 0 radical (unpaired) electrons. The van der Waals surface area contributed by atoms with Crippen molar-refractivity contribution in [3.8, 4) is 0 Å². The zero-order valence-electron chi connectivity index (χ0n) is 13.0. The van der Waals surface area contributed by atoms with E-state index in [4.69, 9.17) is 17.4 Å². The molecule has 0 spiro atoms. The molecule has 0 aliphatic heterocycles. The van der Waals surface area contributed by atoms with Crippen molar-refractivity contribution >= 4 is 11.6 Å². The SMILES string of the molecule is CCc1cc(C(NN)c2c(Cl)cnn2C(C)C)n(CC)n1. The van der Waals surface area contributed by atoms with Crippen molar-refractivity contribution in [2.75, 3.05) is 0 Å². The van der Waals surface area contributed by atoms with Crippen LogP contribution in [0.3, 0.4) is 0 Å². The summed E-state index contributed by atoms with van der Waals surface area (Å²) in [7, 11) is 0. The average molecular weight is 311 g/mol. The van der Waals surface area contributed by atoms with Crippen LogP contribution in [0.25, 0.3) is 0 Å². The maximum Gasteiger partial charge on any atom is 0.106 e. The minimum absolute atomic E-state index is 0.201. The summed E-state index contributed by atoms with van der Waals surface area (Å²) >= 11 is 6.34. The van der Waals surface area contributed by atoms with Crippen LogP contribution < -0.4 is 11.3 Å². The van der Waals surface area contributed by atoms with E-state index in [1.807, 2.05) is 9.36 Å². The number of hydrogen-bond acceptors (Lipinski definition) is 4. The predicted molar refractivity (Wildman–Crippen MR) is 84.1 cm³/mol. The highest BCUT2D eigenvalue weighted by Crippen LogP contribution is 2.30. The van der Waals surface area contributed by atoms with Gasteiger partial charge in [-0.05, 0) is 33.3 Å². The van der Waals surface area contributed by atoms with Crippen molar-refractivity contribution in [3.05, 3.63) is 34.4 Å². The summed E-state index contributed by atoms with van der Waals surface area (Å²) in [4.78, 5) is 0. The molecule has 7 heteroatoms. The number of aryl methyl sites for hydroxylation is 2. The van der Waals surface area contributed by atoms with Crippen LogP contribution in [0.5, 0.6) is 0 Å². The molecule has 1 atom stereocenters. The highest BCUT2D eigenvalue weighted by atomic mass is 35.5. The van der Waals surface area contributed by atoms with Gasteiger partial charge in [-0.1, -0.05) is 18.5 Å². The van der Waals surface area contributed by atoms with Crippen LogP contribution in [0.15, 0.2) is 12.3 Å². The molecule has 0 bridgehead atoms. The summed E-state index contributed by atoms with van der Waals surface area (Å²) in [6.45, 7) is 9.05. The van der Waals surface area contributed by atoms with Crippen molar-refractivity contribution in [2.24, 2.45) is 5.84 Å². The Morgan fingerprint density at radius 3 is 2.62 bits per heavy atom. The first kappa shape index (κ1) is 16.0. The highest BCUT2D eigenvalue weighted by molar-refractivity contribution is 6.31. The van der Waals surface area contributed by atoms with Gasteiger partial charge in [0.1, 0.15) is 6.04 Å². The van der Waals surface area contributed by atoms with Gasteiger partial charge in [-0.25, -0.2) is 5.43 Å².